The topological polar surface area (TPSA) is 108 Å². The maximum absolute atomic E-state index is 12.6. The van der Waals surface area contributed by atoms with Gasteiger partial charge in [-0.15, -0.1) is 6.58 Å². The zero-order chi connectivity index (χ0) is 22.9. The summed E-state index contributed by atoms with van der Waals surface area (Å²) in [6, 6.07) is 8.83. The zero-order valence-corrected chi connectivity index (χ0v) is 18.2. The number of nitrogens with one attached hydrogen (secondary N) is 1. The lowest BCUT2D eigenvalue weighted by molar-refractivity contribution is -0.153. The summed E-state index contributed by atoms with van der Waals surface area (Å²) in [7, 11) is 0. The van der Waals surface area contributed by atoms with E-state index in [4.69, 9.17) is 9.47 Å². The summed E-state index contributed by atoms with van der Waals surface area (Å²) in [5.41, 5.74) is 0.690. The Morgan fingerprint density at radius 1 is 1.28 bits per heavy atom. The first kappa shape index (κ1) is 21.6. The van der Waals surface area contributed by atoms with Gasteiger partial charge in [0, 0.05) is 18.4 Å². The van der Waals surface area contributed by atoms with Gasteiger partial charge in [0.25, 0.3) is 5.91 Å². The maximum Gasteiger partial charge on any atom is 0.303 e. The standard InChI is InChI=1S/C23H25N5O4/c1-5-23(6-2)14(3)18(31-15(4)29)22(32-23)28-13-26-17-19(24-12-25-20(17)28)27-21(30)16-10-8-7-9-11-16/h5,7-14,18,22H,1,6H2,2-4H3,(H,24,25,27,30). The first-order valence-electron chi connectivity index (χ1n) is 10.4. The lowest BCUT2D eigenvalue weighted by Crippen LogP contribution is -2.35. The number of carbonyl (C=O) groups is 2. The summed E-state index contributed by atoms with van der Waals surface area (Å²) in [5, 5.41) is 2.79. The number of rotatable bonds is 6. The summed E-state index contributed by atoms with van der Waals surface area (Å²) < 4.78 is 13.8. The number of nitrogens with zero attached hydrogens (tertiary/aromatic N) is 4. The summed E-state index contributed by atoms with van der Waals surface area (Å²) in [6.45, 7) is 9.28. The fourth-order valence-corrected chi connectivity index (χ4v) is 4.17. The second kappa shape index (κ2) is 8.51. The molecular weight excluding hydrogens is 410 g/mol. The van der Waals surface area contributed by atoms with Gasteiger partial charge in [-0.25, -0.2) is 15.0 Å². The van der Waals surface area contributed by atoms with Crippen LogP contribution in [0.5, 0.6) is 0 Å². The van der Waals surface area contributed by atoms with E-state index in [0.29, 0.717) is 23.1 Å². The Hall–Kier alpha value is -3.59. The highest BCUT2D eigenvalue weighted by molar-refractivity contribution is 6.06. The number of aromatic nitrogens is 4. The molecule has 3 heterocycles. The molecule has 4 atom stereocenters. The fourth-order valence-electron chi connectivity index (χ4n) is 4.17. The van der Waals surface area contributed by atoms with Crippen LogP contribution in [0.2, 0.25) is 0 Å². The van der Waals surface area contributed by atoms with Crippen LogP contribution in [-0.4, -0.2) is 43.1 Å². The highest BCUT2D eigenvalue weighted by Crippen LogP contribution is 2.46. The number of fused-ring (bicyclic) bond motifs is 1. The number of carbonyl (C=O) groups excluding carboxylic acids is 2. The number of ether oxygens (including phenoxy) is 2. The molecule has 4 unspecified atom stereocenters. The molecule has 1 amide bonds. The Labute approximate surface area is 185 Å². The number of imidazole rings is 1. The molecule has 2 aromatic heterocycles. The van der Waals surface area contributed by atoms with Crippen molar-refractivity contribution in [3.05, 3.63) is 61.2 Å². The van der Waals surface area contributed by atoms with E-state index >= 15 is 0 Å². The Morgan fingerprint density at radius 2 is 2.03 bits per heavy atom. The molecule has 166 valence electrons. The van der Waals surface area contributed by atoms with E-state index < -0.39 is 23.9 Å². The molecule has 0 radical (unpaired) electrons. The molecule has 1 fully saturated rings. The quantitative estimate of drug-likeness (QED) is 0.466. The van der Waals surface area contributed by atoms with E-state index in [1.807, 2.05) is 19.9 Å². The van der Waals surface area contributed by atoms with Crippen molar-refractivity contribution in [3.8, 4) is 0 Å². The molecule has 9 heteroatoms. The summed E-state index contributed by atoms with van der Waals surface area (Å²) in [5.74, 6) is -0.569. The molecule has 9 nitrogen and oxygen atoms in total. The van der Waals surface area contributed by atoms with Gasteiger partial charge in [0.2, 0.25) is 0 Å². The van der Waals surface area contributed by atoms with E-state index in [1.165, 1.54) is 13.3 Å². The van der Waals surface area contributed by atoms with Gasteiger partial charge in [-0.05, 0) is 18.6 Å². The molecule has 0 saturated carbocycles. The molecule has 1 N–H and O–H groups in total. The number of hydrogen-bond donors (Lipinski definition) is 1. The average Bonchev–Trinajstić information content (AvgIpc) is 3.34. The summed E-state index contributed by atoms with van der Waals surface area (Å²) in [6.07, 6.45) is 4.09. The van der Waals surface area contributed by atoms with Gasteiger partial charge in [0.1, 0.15) is 6.33 Å². The molecule has 0 bridgehead atoms. The minimum atomic E-state index is -0.668. The first-order valence-corrected chi connectivity index (χ1v) is 10.4. The second-order valence-electron chi connectivity index (χ2n) is 7.75. The largest absolute Gasteiger partial charge is 0.457 e. The third kappa shape index (κ3) is 3.64. The van der Waals surface area contributed by atoms with Crippen LogP contribution in [0.1, 0.15) is 43.8 Å². The van der Waals surface area contributed by atoms with Crippen LogP contribution in [0.15, 0.2) is 55.6 Å². The number of anilines is 1. The van der Waals surface area contributed by atoms with Crippen molar-refractivity contribution < 1.29 is 19.1 Å². The number of amides is 1. The second-order valence-corrected chi connectivity index (χ2v) is 7.75. The number of benzene rings is 1. The van der Waals surface area contributed by atoms with E-state index in [-0.39, 0.29) is 17.6 Å². The smallest absolute Gasteiger partial charge is 0.303 e. The van der Waals surface area contributed by atoms with Gasteiger partial charge in [-0.2, -0.15) is 0 Å². The van der Waals surface area contributed by atoms with Crippen molar-refractivity contribution in [1.82, 2.24) is 19.5 Å². The number of hydrogen-bond acceptors (Lipinski definition) is 7. The van der Waals surface area contributed by atoms with Gasteiger partial charge >= 0.3 is 5.97 Å². The van der Waals surface area contributed by atoms with Crippen molar-refractivity contribution in [1.29, 1.82) is 0 Å². The molecular formula is C23H25N5O4. The van der Waals surface area contributed by atoms with Crippen molar-refractivity contribution in [3.63, 3.8) is 0 Å². The molecule has 0 aliphatic carbocycles. The van der Waals surface area contributed by atoms with Gasteiger partial charge in [-0.3, -0.25) is 14.2 Å². The third-order valence-corrected chi connectivity index (χ3v) is 5.99. The van der Waals surface area contributed by atoms with Crippen LogP contribution >= 0.6 is 0 Å². The highest BCUT2D eigenvalue weighted by atomic mass is 16.6. The number of esters is 1. The van der Waals surface area contributed by atoms with Crippen molar-refractivity contribution >= 4 is 28.9 Å². The van der Waals surface area contributed by atoms with Gasteiger partial charge in [-0.1, -0.05) is 38.1 Å². The molecule has 1 aromatic carbocycles. The Morgan fingerprint density at radius 3 is 2.69 bits per heavy atom. The molecule has 1 saturated heterocycles. The zero-order valence-electron chi connectivity index (χ0n) is 18.2. The monoisotopic (exact) mass is 435 g/mol. The summed E-state index contributed by atoms with van der Waals surface area (Å²) in [4.78, 5) is 37.4. The maximum atomic E-state index is 12.6. The molecule has 0 spiro atoms. The minimum Gasteiger partial charge on any atom is -0.457 e. The Bertz CT molecular complexity index is 1160. The predicted octanol–water partition coefficient (Wildman–Crippen LogP) is 3.51. The van der Waals surface area contributed by atoms with E-state index in [2.05, 4.69) is 26.8 Å². The van der Waals surface area contributed by atoms with Crippen molar-refractivity contribution in [2.75, 3.05) is 5.32 Å². The van der Waals surface area contributed by atoms with Gasteiger partial charge in [0.05, 0.1) is 11.9 Å². The average molecular weight is 435 g/mol. The van der Waals surface area contributed by atoms with E-state index in [1.54, 1.807) is 41.2 Å². The molecule has 32 heavy (non-hydrogen) atoms. The highest BCUT2D eigenvalue weighted by Gasteiger charge is 2.53. The van der Waals surface area contributed by atoms with E-state index in [0.717, 1.165) is 0 Å². The Kier molecular flexibility index (Phi) is 5.75. The van der Waals surface area contributed by atoms with Crippen LogP contribution in [0.4, 0.5) is 5.82 Å². The van der Waals surface area contributed by atoms with Crippen LogP contribution in [0, 0.1) is 5.92 Å². The van der Waals surface area contributed by atoms with Crippen LogP contribution in [0.25, 0.3) is 11.2 Å². The molecule has 4 rings (SSSR count). The predicted molar refractivity (Wildman–Crippen MR) is 118 cm³/mol. The fraction of sp³-hybridized carbons (Fsp3) is 0.348. The van der Waals surface area contributed by atoms with Crippen LogP contribution in [-0.2, 0) is 14.3 Å². The molecule has 1 aliphatic rings. The minimum absolute atomic E-state index is 0.143. The van der Waals surface area contributed by atoms with Gasteiger partial charge < -0.3 is 14.8 Å². The van der Waals surface area contributed by atoms with Gasteiger partial charge in [0.15, 0.2) is 29.3 Å². The third-order valence-electron chi connectivity index (χ3n) is 5.99. The van der Waals surface area contributed by atoms with Crippen molar-refractivity contribution in [2.45, 2.75) is 45.1 Å². The molecule has 1 aliphatic heterocycles. The lowest BCUT2D eigenvalue weighted by atomic mass is 9.85. The van der Waals surface area contributed by atoms with Crippen LogP contribution < -0.4 is 5.32 Å². The first-order chi connectivity index (χ1) is 15.4. The van der Waals surface area contributed by atoms with Crippen molar-refractivity contribution in [2.24, 2.45) is 5.92 Å². The lowest BCUT2D eigenvalue weighted by Gasteiger charge is -2.28. The molecule has 3 aromatic rings. The van der Waals surface area contributed by atoms with E-state index in [9.17, 15) is 9.59 Å². The van der Waals surface area contributed by atoms with Crippen LogP contribution in [0.3, 0.4) is 0 Å². The normalized spacial score (nSPS) is 24.9. The Balaban J connectivity index is 1.72. The SMILES string of the molecule is C=CC1(CC)OC(n2cnc3c(NC(=O)c4ccccc4)ncnc32)C(OC(C)=O)C1C. The summed E-state index contributed by atoms with van der Waals surface area (Å²) >= 11 is 0.